The minimum absolute atomic E-state index is 0.0830. The number of carbonyl (C=O) groups is 2. The summed E-state index contributed by atoms with van der Waals surface area (Å²) in [6, 6.07) is 23.1. The van der Waals surface area contributed by atoms with Crippen LogP contribution in [0.15, 0.2) is 78.9 Å². The molecule has 0 fully saturated rings. The van der Waals surface area contributed by atoms with Crippen LogP contribution in [0.2, 0.25) is 0 Å². The van der Waals surface area contributed by atoms with Crippen molar-refractivity contribution in [2.75, 3.05) is 18.6 Å². The van der Waals surface area contributed by atoms with E-state index in [1.54, 1.807) is 36.1 Å². The standard InChI is InChI=1S/C28H31N5O3/c1-20(2)16-17-29-28(35)27(21-10-5-4-6-11-21)33(22-12-9-13-23(18-22)36-3)26(34)19-32-25-15-8-7-14-24(25)30-31-32/h4-15,18,20,27H,16-17,19H2,1-3H3,(H,29,35). The fraction of sp³-hybridized carbons (Fsp3) is 0.286. The zero-order valence-corrected chi connectivity index (χ0v) is 20.8. The number of aromatic nitrogens is 3. The van der Waals surface area contributed by atoms with Gasteiger partial charge in [0.1, 0.15) is 23.9 Å². The number of nitrogens with one attached hydrogen (secondary N) is 1. The molecule has 1 atom stereocenters. The third kappa shape index (κ3) is 5.71. The Balaban J connectivity index is 1.76. The molecule has 1 N–H and O–H groups in total. The number of carbonyl (C=O) groups excluding carboxylic acids is 2. The molecule has 0 aliphatic rings. The number of ether oxygens (including phenoxy) is 1. The number of para-hydroxylation sites is 1. The van der Waals surface area contributed by atoms with Crippen LogP contribution in [0, 0.1) is 5.92 Å². The molecule has 0 saturated heterocycles. The molecule has 1 unspecified atom stereocenters. The van der Waals surface area contributed by atoms with Gasteiger partial charge in [-0.1, -0.05) is 67.6 Å². The average Bonchev–Trinajstić information content (AvgIpc) is 3.30. The molecule has 0 aliphatic carbocycles. The van der Waals surface area contributed by atoms with E-state index in [4.69, 9.17) is 4.74 Å². The zero-order chi connectivity index (χ0) is 25.5. The van der Waals surface area contributed by atoms with Crippen molar-refractivity contribution in [3.05, 3.63) is 84.4 Å². The summed E-state index contributed by atoms with van der Waals surface area (Å²) < 4.78 is 6.98. The van der Waals surface area contributed by atoms with Gasteiger partial charge < -0.3 is 10.1 Å². The first kappa shape index (κ1) is 24.9. The number of hydrogen-bond acceptors (Lipinski definition) is 5. The summed E-state index contributed by atoms with van der Waals surface area (Å²) in [6.07, 6.45) is 0.839. The van der Waals surface area contributed by atoms with E-state index in [0.717, 1.165) is 11.9 Å². The lowest BCUT2D eigenvalue weighted by atomic mass is 10.0. The fourth-order valence-electron chi connectivity index (χ4n) is 4.07. The summed E-state index contributed by atoms with van der Waals surface area (Å²) in [7, 11) is 1.57. The van der Waals surface area contributed by atoms with E-state index in [1.807, 2.05) is 54.6 Å². The second kappa shape index (κ2) is 11.5. The van der Waals surface area contributed by atoms with Gasteiger partial charge in [0.25, 0.3) is 0 Å². The van der Waals surface area contributed by atoms with E-state index >= 15 is 0 Å². The highest BCUT2D eigenvalue weighted by Gasteiger charge is 2.33. The highest BCUT2D eigenvalue weighted by atomic mass is 16.5. The summed E-state index contributed by atoms with van der Waals surface area (Å²) >= 11 is 0. The van der Waals surface area contributed by atoms with Gasteiger partial charge in [0.2, 0.25) is 11.8 Å². The molecule has 1 heterocycles. The Labute approximate surface area is 210 Å². The third-order valence-corrected chi connectivity index (χ3v) is 5.95. The van der Waals surface area contributed by atoms with Crippen molar-refractivity contribution in [1.29, 1.82) is 0 Å². The maximum atomic E-state index is 14.0. The predicted molar refractivity (Wildman–Crippen MR) is 140 cm³/mol. The van der Waals surface area contributed by atoms with Gasteiger partial charge in [-0.3, -0.25) is 14.5 Å². The number of rotatable bonds is 10. The molecule has 4 rings (SSSR count). The van der Waals surface area contributed by atoms with Gasteiger partial charge in [0.15, 0.2) is 0 Å². The van der Waals surface area contributed by atoms with E-state index in [1.165, 1.54) is 4.90 Å². The Kier molecular flexibility index (Phi) is 7.95. The average molecular weight is 486 g/mol. The Hall–Kier alpha value is -4.20. The lowest BCUT2D eigenvalue weighted by Gasteiger charge is -2.32. The van der Waals surface area contributed by atoms with Crippen LogP contribution in [-0.2, 0) is 16.1 Å². The first-order valence-electron chi connectivity index (χ1n) is 12.0. The monoisotopic (exact) mass is 485 g/mol. The van der Waals surface area contributed by atoms with Crippen LogP contribution in [0.1, 0.15) is 31.9 Å². The zero-order valence-electron chi connectivity index (χ0n) is 20.8. The van der Waals surface area contributed by atoms with E-state index in [-0.39, 0.29) is 18.4 Å². The number of benzene rings is 3. The van der Waals surface area contributed by atoms with Crippen molar-refractivity contribution in [2.45, 2.75) is 32.9 Å². The summed E-state index contributed by atoms with van der Waals surface area (Å²) in [5.41, 5.74) is 2.70. The van der Waals surface area contributed by atoms with E-state index in [9.17, 15) is 9.59 Å². The lowest BCUT2D eigenvalue weighted by molar-refractivity contribution is -0.127. The van der Waals surface area contributed by atoms with E-state index < -0.39 is 6.04 Å². The summed E-state index contributed by atoms with van der Waals surface area (Å²) in [4.78, 5) is 29.1. The van der Waals surface area contributed by atoms with Gasteiger partial charge in [0, 0.05) is 18.3 Å². The molecule has 8 nitrogen and oxygen atoms in total. The SMILES string of the molecule is COc1cccc(N(C(=O)Cn2nnc3ccccc32)C(C(=O)NCCC(C)C)c2ccccc2)c1. The summed E-state index contributed by atoms with van der Waals surface area (Å²) in [5.74, 6) is 0.481. The minimum Gasteiger partial charge on any atom is -0.497 e. The predicted octanol–water partition coefficient (Wildman–Crippen LogP) is 4.38. The quantitative estimate of drug-likeness (QED) is 0.360. The Morgan fingerprint density at radius 3 is 2.50 bits per heavy atom. The van der Waals surface area contributed by atoms with Crippen LogP contribution in [0.25, 0.3) is 11.0 Å². The van der Waals surface area contributed by atoms with Crippen molar-refractivity contribution in [3.63, 3.8) is 0 Å². The van der Waals surface area contributed by atoms with Crippen molar-refractivity contribution < 1.29 is 14.3 Å². The van der Waals surface area contributed by atoms with Gasteiger partial charge >= 0.3 is 0 Å². The third-order valence-electron chi connectivity index (χ3n) is 5.95. The molecule has 2 amide bonds. The molecule has 0 bridgehead atoms. The first-order chi connectivity index (χ1) is 17.5. The van der Waals surface area contributed by atoms with Crippen LogP contribution < -0.4 is 15.0 Å². The van der Waals surface area contributed by atoms with Crippen molar-refractivity contribution >= 4 is 28.5 Å². The van der Waals surface area contributed by atoms with E-state index in [2.05, 4.69) is 29.5 Å². The van der Waals surface area contributed by atoms with E-state index in [0.29, 0.717) is 35.0 Å². The topological polar surface area (TPSA) is 89.3 Å². The second-order valence-electron chi connectivity index (χ2n) is 8.99. The first-order valence-corrected chi connectivity index (χ1v) is 12.0. The van der Waals surface area contributed by atoms with Crippen molar-refractivity contribution in [2.24, 2.45) is 5.92 Å². The molecule has 186 valence electrons. The summed E-state index contributed by atoms with van der Waals surface area (Å²) in [6.45, 7) is 4.65. The van der Waals surface area contributed by atoms with Crippen LogP contribution in [0.5, 0.6) is 5.75 Å². The molecule has 0 aliphatic heterocycles. The molecule has 36 heavy (non-hydrogen) atoms. The number of amides is 2. The van der Waals surface area contributed by atoms with Gasteiger partial charge in [0.05, 0.1) is 12.6 Å². The largest absolute Gasteiger partial charge is 0.497 e. The molecule has 0 saturated carbocycles. The Morgan fingerprint density at radius 1 is 1.00 bits per heavy atom. The smallest absolute Gasteiger partial charge is 0.249 e. The highest BCUT2D eigenvalue weighted by molar-refractivity contribution is 6.01. The number of nitrogens with zero attached hydrogens (tertiary/aromatic N) is 4. The van der Waals surface area contributed by atoms with Crippen LogP contribution in [0.3, 0.4) is 0 Å². The van der Waals surface area contributed by atoms with Gasteiger partial charge in [-0.2, -0.15) is 0 Å². The molecule has 8 heteroatoms. The molecule has 4 aromatic rings. The fourth-order valence-corrected chi connectivity index (χ4v) is 4.07. The number of hydrogen-bond donors (Lipinski definition) is 1. The lowest BCUT2D eigenvalue weighted by Crippen LogP contribution is -2.45. The van der Waals surface area contributed by atoms with Gasteiger partial charge in [-0.25, -0.2) is 4.68 Å². The number of methoxy groups -OCH3 is 1. The maximum absolute atomic E-state index is 14.0. The highest BCUT2D eigenvalue weighted by Crippen LogP contribution is 2.31. The molecule has 0 spiro atoms. The molecule has 3 aromatic carbocycles. The number of anilines is 1. The Morgan fingerprint density at radius 2 is 1.75 bits per heavy atom. The normalized spacial score (nSPS) is 11.9. The molecule has 0 radical (unpaired) electrons. The molecular weight excluding hydrogens is 454 g/mol. The minimum atomic E-state index is -0.882. The van der Waals surface area contributed by atoms with Gasteiger partial charge in [-0.05, 0) is 42.2 Å². The van der Waals surface area contributed by atoms with Crippen LogP contribution >= 0.6 is 0 Å². The van der Waals surface area contributed by atoms with Gasteiger partial charge in [-0.15, -0.1) is 5.10 Å². The van der Waals surface area contributed by atoms with Crippen LogP contribution in [0.4, 0.5) is 5.69 Å². The maximum Gasteiger partial charge on any atom is 0.249 e. The molecule has 1 aromatic heterocycles. The second-order valence-corrected chi connectivity index (χ2v) is 8.99. The van der Waals surface area contributed by atoms with Crippen molar-refractivity contribution in [3.8, 4) is 5.75 Å². The van der Waals surface area contributed by atoms with Crippen LogP contribution in [-0.4, -0.2) is 40.5 Å². The number of fused-ring (bicyclic) bond motifs is 1. The molecular formula is C28H31N5O3. The summed E-state index contributed by atoms with van der Waals surface area (Å²) in [5, 5.41) is 11.4. The Bertz CT molecular complexity index is 1320. The van der Waals surface area contributed by atoms with Crippen molar-refractivity contribution in [1.82, 2.24) is 20.3 Å².